The standard InChI is InChI=1S/C10H11F2NO3S/c11-7-3-8(12)5-10(4-7)17(15,16)13-2-1-9(14)6-13/h3-5,9,14H,1-2,6H2/t9-/m0/s1. The van der Waals surface area contributed by atoms with Gasteiger partial charge in [0.25, 0.3) is 0 Å². The summed E-state index contributed by atoms with van der Waals surface area (Å²) in [5.41, 5.74) is 0. The van der Waals surface area contributed by atoms with E-state index in [9.17, 15) is 22.3 Å². The van der Waals surface area contributed by atoms with E-state index in [1.807, 2.05) is 0 Å². The predicted octanol–water partition coefficient (Wildman–Crippen LogP) is 0.720. The molecule has 1 aromatic carbocycles. The molecule has 1 atom stereocenters. The molecular formula is C10H11F2NO3S. The number of halogens is 2. The molecule has 1 fully saturated rings. The van der Waals surface area contributed by atoms with Gasteiger partial charge in [-0.05, 0) is 18.6 Å². The van der Waals surface area contributed by atoms with Gasteiger partial charge in [0.2, 0.25) is 10.0 Å². The Balaban J connectivity index is 2.38. The van der Waals surface area contributed by atoms with Crippen molar-refractivity contribution in [3.05, 3.63) is 29.8 Å². The highest BCUT2D eigenvalue weighted by atomic mass is 32.2. The Hall–Kier alpha value is -1.05. The molecule has 0 unspecified atom stereocenters. The first-order valence-corrected chi connectivity index (χ1v) is 6.48. The molecule has 4 nitrogen and oxygen atoms in total. The van der Waals surface area contributed by atoms with E-state index >= 15 is 0 Å². The van der Waals surface area contributed by atoms with Crippen LogP contribution in [0.15, 0.2) is 23.1 Å². The van der Waals surface area contributed by atoms with Gasteiger partial charge in [-0.25, -0.2) is 17.2 Å². The summed E-state index contributed by atoms with van der Waals surface area (Å²) in [4.78, 5) is -0.427. The number of hydrogen-bond donors (Lipinski definition) is 1. The molecule has 1 aromatic rings. The Morgan fingerprint density at radius 3 is 2.29 bits per heavy atom. The lowest BCUT2D eigenvalue weighted by molar-refractivity contribution is 0.189. The van der Waals surface area contributed by atoms with Crippen molar-refractivity contribution in [3.63, 3.8) is 0 Å². The van der Waals surface area contributed by atoms with Gasteiger partial charge < -0.3 is 5.11 Å². The summed E-state index contributed by atoms with van der Waals surface area (Å²) in [6, 6.07) is 2.14. The molecule has 2 rings (SSSR count). The van der Waals surface area contributed by atoms with E-state index in [-0.39, 0.29) is 13.1 Å². The van der Waals surface area contributed by atoms with Crippen LogP contribution in [0, 0.1) is 11.6 Å². The number of benzene rings is 1. The summed E-state index contributed by atoms with van der Waals surface area (Å²) in [6.45, 7) is 0.113. The molecular weight excluding hydrogens is 252 g/mol. The third-order valence-corrected chi connectivity index (χ3v) is 4.44. The topological polar surface area (TPSA) is 57.6 Å². The number of aliphatic hydroxyl groups is 1. The zero-order valence-electron chi connectivity index (χ0n) is 8.81. The highest BCUT2D eigenvalue weighted by molar-refractivity contribution is 7.89. The van der Waals surface area contributed by atoms with E-state index in [2.05, 4.69) is 0 Å². The molecule has 0 saturated carbocycles. The summed E-state index contributed by atoms with van der Waals surface area (Å²) in [5, 5.41) is 9.26. The monoisotopic (exact) mass is 263 g/mol. The summed E-state index contributed by atoms with van der Waals surface area (Å²) >= 11 is 0. The Morgan fingerprint density at radius 1 is 1.24 bits per heavy atom. The van der Waals surface area contributed by atoms with E-state index in [1.165, 1.54) is 0 Å². The van der Waals surface area contributed by atoms with Crippen LogP contribution in [0.2, 0.25) is 0 Å². The Labute approximate surface area is 97.5 Å². The second-order valence-corrected chi connectivity index (χ2v) is 5.85. The number of hydrogen-bond acceptors (Lipinski definition) is 3. The van der Waals surface area contributed by atoms with Crippen molar-refractivity contribution < 1.29 is 22.3 Å². The van der Waals surface area contributed by atoms with Crippen LogP contribution < -0.4 is 0 Å². The van der Waals surface area contributed by atoms with E-state index in [0.717, 1.165) is 16.4 Å². The average molecular weight is 263 g/mol. The van der Waals surface area contributed by atoms with Crippen LogP contribution in [0.25, 0.3) is 0 Å². The van der Waals surface area contributed by atoms with E-state index in [1.54, 1.807) is 0 Å². The minimum atomic E-state index is -3.92. The van der Waals surface area contributed by atoms with Gasteiger partial charge in [0.1, 0.15) is 11.6 Å². The molecule has 1 saturated heterocycles. The third-order valence-electron chi connectivity index (χ3n) is 2.60. The number of nitrogens with zero attached hydrogens (tertiary/aromatic N) is 1. The lowest BCUT2D eigenvalue weighted by atomic mass is 10.3. The minimum Gasteiger partial charge on any atom is -0.392 e. The van der Waals surface area contributed by atoms with Gasteiger partial charge in [0.05, 0.1) is 11.0 Å². The van der Waals surface area contributed by atoms with Crippen LogP contribution in [0.4, 0.5) is 8.78 Å². The summed E-state index contributed by atoms with van der Waals surface area (Å²) < 4.78 is 50.9. The first-order chi connectivity index (χ1) is 7.89. The number of β-amino-alcohol motifs (C(OH)–C–C–N with tert-alkyl or cyclic N) is 1. The van der Waals surface area contributed by atoms with Gasteiger partial charge in [-0.3, -0.25) is 0 Å². The molecule has 1 aliphatic rings. The molecule has 0 aliphatic carbocycles. The Kier molecular flexibility index (Phi) is 3.15. The van der Waals surface area contributed by atoms with Gasteiger partial charge in [0.15, 0.2) is 0 Å². The molecule has 0 aromatic heterocycles. The van der Waals surface area contributed by atoms with E-state index < -0.39 is 32.7 Å². The second-order valence-electron chi connectivity index (χ2n) is 3.91. The highest BCUT2D eigenvalue weighted by Gasteiger charge is 2.32. The number of sulfonamides is 1. The lowest BCUT2D eigenvalue weighted by Crippen LogP contribution is -2.29. The van der Waals surface area contributed by atoms with Gasteiger partial charge in [-0.1, -0.05) is 0 Å². The van der Waals surface area contributed by atoms with Crippen LogP contribution in [-0.4, -0.2) is 37.0 Å². The minimum absolute atomic E-state index is 0.0412. The predicted molar refractivity (Wildman–Crippen MR) is 55.7 cm³/mol. The normalized spacial score (nSPS) is 21.9. The van der Waals surface area contributed by atoms with Crippen molar-refractivity contribution in [1.82, 2.24) is 4.31 Å². The van der Waals surface area contributed by atoms with Crippen LogP contribution in [0.3, 0.4) is 0 Å². The van der Waals surface area contributed by atoms with Gasteiger partial charge in [-0.2, -0.15) is 4.31 Å². The third kappa shape index (κ3) is 2.46. The maximum atomic E-state index is 12.9. The van der Waals surface area contributed by atoms with Crippen molar-refractivity contribution in [3.8, 4) is 0 Å². The lowest BCUT2D eigenvalue weighted by Gasteiger charge is -2.15. The van der Waals surface area contributed by atoms with Crippen molar-refractivity contribution in [2.24, 2.45) is 0 Å². The quantitative estimate of drug-likeness (QED) is 0.855. The molecule has 7 heteroatoms. The fraction of sp³-hybridized carbons (Fsp3) is 0.400. The molecule has 0 radical (unpaired) electrons. The maximum absolute atomic E-state index is 12.9. The van der Waals surface area contributed by atoms with Gasteiger partial charge in [0, 0.05) is 19.2 Å². The van der Waals surface area contributed by atoms with E-state index in [4.69, 9.17) is 0 Å². The SMILES string of the molecule is O=S(=O)(c1cc(F)cc(F)c1)N1CC[C@H](O)C1. The number of rotatable bonds is 2. The van der Waals surface area contributed by atoms with Crippen LogP contribution in [0.5, 0.6) is 0 Å². The molecule has 94 valence electrons. The second kappa shape index (κ2) is 4.32. The largest absolute Gasteiger partial charge is 0.392 e. The molecule has 0 amide bonds. The van der Waals surface area contributed by atoms with E-state index in [0.29, 0.717) is 12.5 Å². The maximum Gasteiger partial charge on any atom is 0.243 e. The number of aliphatic hydroxyl groups excluding tert-OH is 1. The van der Waals surface area contributed by atoms with Crippen molar-refractivity contribution in [2.75, 3.05) is 13.1 Å². The fourth-order valence-corrected chi connectivity index (χ4v) is 3.29. The highest BCUT2D eigenvalue weighted by Crippen LogP contribution is 2.22. The molecule has 0 spiro atoms. The molecule has 1 aliphatic heterocycles. The Morgan fingerprint density at radius 2 is 1.82 bits per heavy atom. The zero-order chi connectivity index (χ0) is 12.6. The first kappa shape index (κ1) is 12.4. The van der Waals surface area contributed by atoms with Crippen LogP contribution in [0.1, 0.15) is 6.42 Å². The van der Waals surface area contributed by atoms with Crippen LogP contribution >= 0.6 is 0 Å². The fourth-order valence-electron chi connectivity index (χ4n) is 1.76. The first-order valence-electron chi connectivity index (χ1n) is 5.04. The van der Waals surface area contributed by atoms with Crippen molar-refractivity contribution in [2.45, 2.75) is 17.4 Å². The van der Waals surface area contributed by atoms with Crippen molar-refractivity contribution in [1.29, 1.82) is 0 Å². The Bertz CT molecular complexity index is 512. The zero-order valence-corrected chi connectivity index (χ0v) is 9.62. The summed E-state index contributed by atoms with van der Waals surface area (Å²) in [5.74, 6) is -1.88. The smallest absolute Gasteiger partial charge is 0.243 e. The van der Waals surface area contributed by atoms with Crippen LogP contribution in [-0.2, 0) is 10.0 Å². The molecule has 17 heavy (non-hydrogen) atoms. The molecule has 1 heterocycles. The van der Waals surface area contributed by atoms with Gasteiger partial charge >= 0.3 is 0 Å². The molecule has 1 N–H and O–H groups in total. The summed E-state index contributed by atoms with van der Waals surface area (Å²) in [6.07, 6.45) is -0.389. The average Bonchev–Trinajstić information content (AvgIpc) is 2.64. The summed E-state index contributed by atoms with van der Waals surface area (Å²) in [7, 11) is -3.92. The van der Waals surface area contributed by atoms with Gasteiger partial charge in [-0.15, -0.1) is 0 Å². The van der Waals surface area contributed by atoms with Crippen molar-refractivity contribution >= 4 is 10.0 Å². The molecule has 0 bridgehead atoms.